The van der Waals surface area contributed by atoms with Crippen molar-refractivity contribution < 1.29 is 9.90 Å². The molecule has 4 nitrogen and oxygen atoms in total. The van der Waals surface area contributed by atoms with Crippen LogP contribution in [0.1, 0.15) is 49.4 Å². The number of carboxylic acids is 1. The van der Waals surface area contributed by atoms with E-state index in [-0.39, 0.29) is 5.54 Å². The van der Waals surface area contributed by atoms with Crippen molar-refractivity contribution in [3.8, 4) is 0 Å². The second-order valence-corrected chi connectivity index (χ2v) is 4.97. The summed E-state index contributed by atoms with van der Waals surface area (Å²) in [4.78, 5) is 15.1. The fourth-order valence-electron chi connectivity index (χ4n) is 2.46. The third-order valence-electron chi connectivity index (χ3n) is 3.45. The van der Waals surface area contributed by atoms with E-state index in [1.807, 2.05) is 0 Å². The molecule has 1 aromatic rings. The van der Waals surface area contributed by atoms with Crippen molar-refractivity contribution in [1.82, 2.24) is 4.98 Å². The Bertz CT molecular complexity index is 412. The van der Waals surface area contributed by atoms with Gasteiger partial charge in [0.15, 0.2) is 0 Å². The summed E-state index contributed by atoms with van der Waals surface area (Å²) in [6.07, 6.45) is 8.96. The molecule has 1 aromatic heterocycles. The van der Waals surface area contributed by atoms with Crippen molar-refractivity contribution in [2.45, 2.75) is 44.6 Å². The summed E-state index contributed by atoms with van der Waals surface area (Å²) in [5.41, 5.74) is 0.932. The molecular weight excluding hydrogens is 216 g/mol. The summed E-state index contributed by atoms with van der Waals surface area (Å²) in [5.74, 6) is -0.908. The smallest absolute Gasteiger partial charge is 0.337 e. The fraction of sp³-hybridized carbons (Fsp3) is 0.538. The zero-order chi connectivity index (χ0) is 12.3. The number of aromatic carboxylic acids is 1. The second kappa shape index (κ2) is 4.73. The SMILES string of the molecule is CC1(Nc2cnccc2C(=O)O)CCCCC1. The average Bonchev–Trinajstić information content (AvgIpc) is 2.29. The molecule has 0 unspecified atom stereocenters. The number of rotatable bonds is 3. The Morgan fingerprint density at radius 1 is 1.41 bits per heavy atom. The predicted molar refractivity (Wildman–Crippen MR) is 66.3 cm³/mol. The van der Waals surface area contributed by atoms with Gasteiger partial charge < -0.3 is 10.4 Å². The number of hydrogen-bond donors (Lipinski definition) is 2. The van der Waals surface area contributed by atoms with Crippen molar-refractivity contribution in [3.05, 3.63) is 24.0 Å². The maximum atomic E-state index is 11.1. The van der Waals surface area contributed by atoms with Gasteiger partial charge in [0.05, 0.1) is 17.4 Å². The molecule has 0 aromatic carbocycles. The molecule has 1 aliphatic carbocycles. The third kappa shape index (κ3) is 2.75. The Kier molecular flexibility index (Phi) is 3.31. The van der Waals surface area contributed by atoms with E-state index in [2.05, 4.69) is 17.2 Å². The molecule has 1 fully saturated rings. The minimum atomic E-state index is -0.908. The number of nitrogens with zero attached hydrogens (tertiary/aromatic N) is 1. The highest BCUT2D eigenvalue weighted by Gasteiger charge is 2.27. The standard InChI is InChI=1S/C13H18N2O2/c1-13(6-3-2-4-7-13)15-11-9-14-8-5-10(11)12(16)17/h5,8-9,15H,2-4,6-7H2,1H3,(H,16,17). The number of pyridine rings is 1. The molecule has 0 bridgehead atoms. The van der Waals surface area contributed by atoms with Crippen molar-refractivity contribution in [1.29, 1.82) is 0 Å². The second-order valence-electron chi connectivity index (χ2n) is 4.97. The molecule has 1 aliphatic rings. The highest BCUT2D eigenvalue weighted by atomic mass is 16.4. The molecule has 92 valence electrons. The van der Waals surface area contributed by atoms with Gasteiger partial charge in [0, 0.05) is 11.7 Å². The van der Waals surface area contributed by atoms with Crippen molar-refractivity contribution in [3.63, 3.8) is 0 Å². The van der Waals surface area contributed by atoms with Crippen molar-refractivity contribution in [2.24, 2.45) is 0 Å². The van der Waals surface area contributed by atoms with Gasteiger partial charge in [-0.2, -0.15) is 0 Å². The van der Waals surface area contributed by atoms with Gasteiger partial charge in [-0.25, -0.2) is 4.79 Å². The number of carbonyl (C=O) groups is 1. The molecular formula is C13H18N2O2. The summed E-state index contributed by atoms with van der Waals surface area (Å²) in [7, 11) is 0. The number of carboxylic acid groups (broad SMARTS) is 1. The van der Waals surface area contributed by atoms with Crippen LogP contribution in [0.25, 0.3) is 0 Å². The first-order valence-electron chi connectivity index (χ1n) is 6.06. The summed E-state index contributed by atoms with van der Waals surface area (Å²) in [6.45, 7) is 2.16. The Labute approximate surface area is 101 Å². The van der Waals surface area contributed by atoms with E-state index in [9.17, 15) is 4.79 Å². The Balaban J connectivity index is 2.20. The van der Waals surface area contributed by atoms with Crippen LogP contribution in [-0.4, -0.2) is 21.6 Å². The summed E-state index contributed by atoms with van der Waals surface area (Å²) in [5, 5.41) is 12.5. The van der Waals surface area contributed by atoms with E-state index in [0.717, 1.165) is 12.8 Å². The Morgan fingerprint density at radius 3 is 2.76 bits per heavy atom. The molecule has 0 saturated heterocycles. The Morgan fingerprint density at radius 2 is 2.12 bits per heavy atom. The molecule has 0 aliphatic heterocycles. The number of nitrogens with one attached hydrogen (secondary N) is 1. The van der Waals surface area contributed by atoms with Crippen LogP contribution >= 0.6 is 0 Å². The van der Waals surface area contributed by atoms with Gasteiger partial charge in [0.1, 0.15) is 0 Å². The van der Waals surface area contributed by atoms with Gasteiger partial charge in [-0.15, -0.1) is 0 Å². The molecule has 17 heavy (non-hydrogen) atoms. The first kappa shape index (κ1) is 11.9. The van der Waals surface area contributed by atoms with Gasteiger partial charge in [-0.1, -0.05) is 19.3 Å². The normalized spacial score (nSPS) is 18.6. The van der Waals surface area contributed by atoms with Crippen LogP contribution in [0.2, 0.25) is 0 Å². The van der Waals surface area contributed by atoms with E-state index < -0.39 is 5.97 Å². The van der Waals surface area contributed by atoms with E-state index in [0.29, 0.717) is 11.3 Å². The largest absolute Gasteiger partial charge is 0.478 e. The summed E-state index contributed by atoms with van der Waals surface area (Å²) in [6, 6.07) is 1.54. The lowest BCUT2D eigenvalue weighted by molar-refractivity contribution is 0.0697. The van der Waals surface area contributed by atoms with E-state index in [1.165, 1.54) is 31.5 Å². The van der Waals surface area contributed by atoms with Crippen LogP contribution in [0.5, 0.6) is 0 Å². The molecule has 4 heteroatoms. The Hall–Kier alpha value is -1.58. The van der Waals surface area contributed by atoms with Crippen LogP contribution in [0.15, 0.2) is 18.5 Å². The highest BCUT2D eigenvalue weighted by Crippen LogP contribution is 2.31. The van der Waals surface area contributed by atoms with Gasteiger partial charge in [-0.3, -0.25) is 4.98 Å². The number of hydrogen-bond acceptors (Lipinski definition) is 3. The number of aromatic nitrogens is 1. The minimum absolute atomic E-state index is 0.00544. The third-order valence-corrected chi connectivity index (χ3v) is 3.45. The quantitative estimate of drug-likeness (QED) is 0.844. The molecule has 1 heterocycles. The fourth-order valence-corrected chi connectivity index (χ4v) is 2.46. The van der Waals surface area contributed by atoms with Crippen molar-refractivity contribution in [2.75, 3.05) is 5.32 Å². The van der Waals surface area contributed by atoms with Gasteiger partial charge in [0.25, 0.3) is 0 Å². The molecule has 2 rings (SSSR count). The van der Waals surface area contributed by atoms with Crippen molar-refractivity contribution >= 4 is 11.7 Å². The minimum Gasteiger partial charge on any atom is -0.478 e. The van der Waals surface area contributed by atoms with E-state index in [4.69, 9.17) is 5.11 Å². The van der Waals surface area contributed by atoms with Crippen LogP contribution in [-0.2, 0) is 0 Å². The average molecular weight is 234 g/mol. The monoisotopic (exact) mass is 234 g/mol. The maximum absolute atomic E-state index is 11.1. The van der Waals surface area contributed by atoms with Crippen LogP contribution in [0.3, 0.4) is 0 Å². The lowest BCUT2D eigenvalue weighted by Gasteiger charge is -2.35. The summed E-state index contributed by atoms with van der Waals surface area (Å²) >= 11 is 0. The van der Waals surface area contributed by atoms with Gasteiger partial charge in [0.2, 0.25) is 0 Å². The molecule has 0 spiro atoms. The topological polar surface area (TPSA) is 62.2 Å². The van der Waals surface area contributed by atoms with Crippen LogP contribution < -0.4 is 5.32 Å². The zero-order valence-electron chi connectivity index (χ0n) is 10.1. The van der Waals surface area contributed by atoms with E-state index in [1.54, 1.807) is 6.20 Å². The zero-order valence-corrected chi connectivity index (χ0v) is 10.1. The van der Waals surface area contributed by atoms with Gasteiger partial charge in [-0.05, 0) is 25.8 Å². The molecule has 0 amide bonds. The van der Waals surface area contributed by atoms with E-state index >= 15 is 0 Å². The first-order chi connectivity index (χ1) is 8.11. The molecule has 1 saturated carbocycles. The van der Waals surface area contributed by atoms with Gasteiger partial charge >= 0.3 is 5.97 Å². The lowest BCUT2D eigenvalue weighted by Crippen LogP contribution is -2.37. The molecule has 2 N–H and O–H groups in total. The lowest BCUT2D eigenvalue weighted by atomic mass is 9.83. The summed E-state index contributed by atoms with van der Waals surface area (Å²) < 4.78 is 0. The predicted octanol–water partition coefficient (Wildman–Crippen LogP) is 2.91. The van der Waals surface area contributed by atoms with Crippen LogP contribution in [0.4, 0.5) is 5.69 Å². The maximum Gasteiger partial charge on any atom is 0.337 e. The first-order valence-corrected chi connectivity index (χ1v) is 6.06. The molecule has 0 atom stereocenters. The molecule has 0 radical (unpaired) electrons. The number of anilines is 1. The highest BCUT2D eigenvalue weighted by molar-refractivity contribution is 5.93. The van der Waals surface area contributed by atoms with Crippen LogP contribution in [0, 0.1) is 0 Å².